The summed E-state index contributed by atoms with van der Waals surface area (Å²) in [7, 11) is 0. The van der Waals surface area contributed by atoms with Gasteiger partial charge in [-0.25, -0.2) is 0 Å². The maximum Gasteiger partial charge on any atom is 0.102 e. The zero-order valence-corrected chi connectivity index (χ0v) is 9.07. The van der Waals surface area contributed by atoms with Crippen molar-refractivity contribution < 1.29 is 4.74 Å². The Morgan fingerprint density at radius 1 is 1.38 bits per heavy atom. The van der Waals surface area contributed by atoms with Gasteiger partial charge in [0.05, 0.1) is 11.2 Å². The molecule has 2 aromatic rings. The molecule has 4 nitrogen and oxygen atoms in total. The van der Waals surface area contributed by atoms with E-state index < -0.39 is 0 Å². The van der Waals surface area contributed by atoms with Crippen molar-refractivity contribution in [3.05, 3.63) is 23.9 Å². The lowest BCUT2D eigenvalue weighted by Gasteiger charge is -2.21. The van der Waals surface area contributed by atoms with Crippen molar-refractivity contribution in [1.82, 2.24) is 10.2 Å². The number of nitrogens with zero attached hydrogens (tertiary/aromatic N) is 1. The molecule has 3 N–H and O–H groups in total. The van der Waals surface area contributed by atoms with Crippen LogP contribution in [0, 0.1) is 0 Å². The van der Waals surface area contributed by atoms with Crippen LogP contribution >= 0.6 is 0 Å². The molecule has 0 aliphatic carbocycles. The minimum Gasteiger partial charge on any atom is -0.399 e. The summed E-state index contributed by atoms with van der Waals surface area (Å²) in [5.74, 6) is 0. The molecular weight excluding hydrogens is 202 g/mol. The predicted molar refractivity (Wildman–Crippen MR) is 63.1 cm³/mol. The summed E-state index contributed by atoms with van der Waals surface area (Å²) in [4.78, 5) is 0. The van der Waals surface area contributed by atoms with Crippen molar-refractivity contribution in [2.75, 3.05) is 12.3 Å². The SMILES string of the molecule is Nc1ccc2[nH]nc(C3CCCCO3)c2c1. The Hall–Kier alpha value is -1.55. The van der Waals surface area contributed by atoms with Gasteiger partial charge in [0.25, 0.3) is 0 Å². The number of rotatable bonds is 1. The summed E-state index contributed by atoms with van der Waals surface area (Å²) < 4.78 is 5.75. The van der Waals surface area contributed by atoms with Gasteiger partial charge in [-0.1, -0.05) is 0 Å². The average molecular weight is 217 g/mol. The highest BCUT2D eigenvalue weighted by atomic mass is 16.5. The topological polar surface area (TPSA) is 63.9 Å². The molecule has 1 saturated heterocycles. The van der Waals surface area contributed by atoms with Crippen molar-refractivity contribution in [2.45, 2.75) is 25.4 Å². The van der Waals surface area contributed by atoms with E-state index in [1.54, 1.807) is 0 Å². The van der Waals surface area contributed by atoms with E-state index in [1.807, 2.05) is 18.2 Å². The van der Waals surface area contributed by atoms with Gasteiger partial charge in [0, 0.05) is 17.7 Å². The third-order valence-electron chi connectivity index (χ3n) is 3.10. The number of anilines is 1. The van der Waals surface area contributed by atoms with Crippen LogP contribution in [0.5, 0.6) is 0 Å². The number of aromatic nitrogens is 2. The van der Waals surface area contributed by atoms with Crippen molar-refractivity contribution in [3.8, 4) is 0 Å². The van der Waals surface area contributed by atoms with Crippen LogP contribution in [0.4, 0.5) is 5.69 Å². The van der Waals surface area contributed by atoms with Crippen molar-refractivity contribution in [1.29, 1.82) is 0 Å². The van der Waals surface area contributed by atoms with Gasteiger partial charge in [0.15, 0.2) is 0 Å². The van der Waals surface area contributed by atoms with Gasteiger partial charge in [-0.3, -0.25) is 5.10 Å². The minimum atomic E-state index is 0.129. The van der Waals surface area contributed by atoms with Gasteiger partial charge < -0.3 is 10.5 Å². The van der Waals surface area contributed by atoms with Gasteiger partial charge >= 0.3 is 0 Å². The summed E-state index contributed by atoms with van der Waals surface area (Å²) in [6, 6.07) is 5.81. The summed E-state index contributed by atoms with van der Waals surface area (Å²) in [6.07, 6.45) is 3.54. The number of aromatic amines is 1. The fourth-order valence-electron chi connectivity index (χ4n) is 2.25. The molecule has 0 amide bonds. The maximum absolute atomic E-state index is 5.80. The van der Waals surface area contributed by atoms with E-state index in [9.17, 15) is 0 Å². The Kier molecular flexibility index (Phi) is 2.29. The number of H-pyrrole nitrogens is 1. The van der Waals surface area contributed by atoms with Crippen LogP contribution in [0.1, 0.15) is 31.1 Å². The lowest BCUT2D eigenvalue weighted by Crippen LogP contribution is -2.12. The normalized spacial score (nSPS) is 21.4. The number of nitrogens with one attached hydrogen (secondary N) is 1. The van der Waals surface area contributed by atoms with E-state index in [1.165, 1.54) is 6.42 Å². The van der Waals surface area contributed by atoms with Gasteiger partial charge in [-0.05, 0) is 37.5 Å². The van der Waals surface area contributed by atoms with Crippen LogP contribution in [0.3, 0.4) is 0 Å². The van der Waals surface area contributed by atoms with E-state index in [2.05, 4.69) is 10.2 Å². The van der Waals surface area contributed by atoms with E-state index in [0.29, 0.717) is 0 Å². The van der Waals surface area contributed by atoms with Crippen molar-refractivity contribution in [3.63, 3.8) is 0 Å². The Morgan fingerprint density at radius 2 is 2.31 bits per heavy atom. The van der Waals surface area contributed by atoms with E-state index in [4.69, 9.17) is 10.5 Å². The molecule has 1 fully saturated rings. The lowest BCUT2D eigenvalue weighted by molar-refractivity contribution is 0.0131. The molecular formula is C12H15N3O. The molecule has 0 bridgehead atoms. The molecule has 1 aliphatic rings. The van der Waals surface area contributed by atoms with Gasteiger partial charge in [0.1, 0.15) is 6.10 Å². The first-order valence-electron chi connectivity index (χ1n) is 5.70. The smallest absolute Gasteiger partial charge is 0.102 e. The zero-order valence-electron chi connectivity index (χ0n) is 9.07. The number of benzene rings is 1. The Balaban J connectivity index is 2.05. The fraction of sp³-hybridized carbons (Fsp3) is 0.417. The van der Waals surface area contributed by atoms with Crippen LogP contribution in [0.25, 0.3) is 10.9 Å². The van der Waals surface area contributed by atoms with Gasteiger partial charge in [-0.2, -0.15) is 5.10 Å². The standard InChI is InChI=1S/C12H15N3O/c13-8-4-5-10-9(7-8)12(15-14-10)11-3-1-2-6-16-11/h4-5,7,11H,1-3,6,13H2,(H,14,15). The second kappa shape index (κ2) is 3.79. The van der Waals surface area contributed by atoms with E-state index in [-0.39, 0.29) is 6.10 Å². The largest absolute Gasteiger partial charge is 0.399 e. The maximum atomic E-state index is 5.80. The first-order valence-corrected chi connectivity index (χ1v) is 5.70. The third kappa shape index (κ3) is 1.55. The molecule has 1 unspecified atom stereocenters. The van der Waals surface area contributed by atoms with E-state index in [0.717, 1.165) is 41.7 Å². The number of ether oxygens (including phenoxy) is 1. The van der Waals surface area contributed by atoms with Crippen LogP contribution in [0.15, 0.2) is 18.2 Å². The molecule has 1 aromatic heterocycles. The highest BCUT2D eigenvalue weighted by molar-refractivity contribution is 5.84. The minimum absolute atomic E-state index is 0.129. The lowest BCUT2D eigenvalue weighted by atomic mass is 10.0. The molecule has 84 valence electrons. The number of nitrogens with two attached hydrogens (primary N) is 1. The van der Waals surface area contributed by atoms with Crippen molar-refractivity contribution in [2.24, 2.45) is 0 Å². The molecule has 2 heterocycles. The second-order valence-corrected chi connectivity index (χ2v) is 4.27. The molecule has 1 aromatic carbocycles. The highest BCUT2D eigenvalue weighted by Gasteiger charge is 2.20. The Bertz CT molecular complexity index is 500. The average Bonchev–Trinajstić information content (AvgIpc) is 2.73. The number of nitrogen functional groups attached to an aromatic ring is 1. The first kappa shape index (κ1) is 9.66. The molecule has 0 spiro atoms. The number of hydrogen-bond acceptors (Lipinski definition) is 3. The fourth-order valence-corrected chi connectivity index (χ4v) is 2.25. The van der Waals surface area contributed by atoms with Crippen LogP contribution in [-0.4, -0.2) is 16.8 Å². The van der Waals surface area contributed by atoms with Crippen molar-refractivity contribution >= 4 is 16.6 Å². The predicted octanol–water partition coefficient (Wildman–Crippen LogP) is 2.39. The molecule has 16 heavy (non-hydrogen) atoms. The quantitative estimate of drug-likeness (QED) is 0.721. The highest BCUT2D eigenvalue weighted by Crippen LogP contribution is 2.31. The molecule has 1 atom stereocenters. The number of fused-ring (bicyclic) bond motifs is 1. The van der Waals surface area contributed by atoms with Gasteiger partial charge in [-0.15, -0.1) is 0 Å². The third-order valence-corrected chi connectivity index (χ3v) is 3.10. The summed E-state index contributed by atoms with van der Waals surface area (Å²) in [5.41, 5.74) is 8.60. The second-order valence-electron chi connectivity index (χ2n) is 4.27. The monoisotopic (exact) mass is 217 g/mol. The number of hydrogen-bond donors (Lipinski definition) is 2. The van der Waals surface area contributed by atoms with Crippen LogP contribution in [-0.2, 0) is 4.74 Å². The summed E-state index contributed by atoms with van der Waals surface area (Å²) in [6.45, 7) is 0.835. The summed E-state index contributed by atoms with van der Waals surface area (Å²) >= 11 is 0. The Labute approximate surface area is 93.8 Å². The molecule has 0 radical (unpaired) electrons. The molecule has 4 heteroatoms. The molecule has 3 rings (SSSR count). The first-order chi connectivity index (χ1) is 7.84. The van der Waals surface area contributed by atoms with Crippen LogP contribution in [0.2, 0.25) is 0 Å². The summed E-state index contributed by atoms with van der Waals surface area (Å²) in [5, 5.41) is 8.47. The Morgan fingerprint density at radius 3 is 3.12 bits per heavy atom. The molecule has 1 aliphatic heterocycles. The van der Waals surface area contributed by atoms with Gasteiger partial charge in [0.2, 0.25) is 0 Å². The van der Waals surface area contributed by atoms with E-state index >= 15 is 0 Å². The zero-order chi connectivity index (χ0) is 11.0. The van der Waals surface area contributed by atoms with Crippen LogP contribution < -0.4 is 5.73 Å². The molecule has 0 saturated carbocycles.